The van der Waals surface area contributed by atoms with Crippen molar-refractivity contribution in [1.29, 1.82) is 0 Å². The summed E-state index contributed by atoms with van der Waals surface area (Å²) in [4.78, 5) is 8.89. The lowest BCUT2D eigenvalue weighted by Gasteiger charge is -1.94. The van der Waals surface area contributed by atoms with E-state index in [0.717, 1.165) is 6.92 Å². The van der Waals surface area contributed by atoms with Crippen molar-refractivity contribution in [2.45, 2.75) is 6.92 Å². The van der Waals surface area contributed by atoms with Crippen LogP contribution in [0.1, 0.15) is 6.92 Å². The molecule has 0 fully saturated rings. The van der Waals surface area contributed by atoms with Gasteiger partial charge in [-0.3, -0.25) is 0 Å². The Labute approximate surface area is 65.2 Å². The molecule has 5 nitrogen and oxygen atoms in total. The number of carboxylic acid groups (broad SMARTS) is 1. The minimum absolute atomic E-state index is 0.0278. The van der Waals surface area contributed by atoms with Gasteiger partial charge in [0.2, 0.25) is 0 Å². The summed E-state index contributed by atoms with van der Waals surface area (Å²) in [5.41, 5.74) is 0. The molecule has 5 heteroatoms. The number of rotatable bonds is 4. The van der Waals surface area contributed by atoms with Gasteiger partial charge in [-0.25, -0.2) is 0 Å². The van der Waals surface area contributed by atoms with Gasteiger partial charge >= 0.3 is 0 Å². The van der Waals surface area contributed by atoms with Crippen molar-refractivity contribution >= 4 is 5.97 Å². The van der Waals surface area contributed by atoms with Crippen LogP contribution >= 0.6 is 0 Å². The first-order valence-electron chi connectivity index (χ1n) is 3.12. The Morgan fingerprint density at radius 2 is 1.64 bits per heavy atom. The average molecular weight is 165 g/mol. The maximum Gasteiger partial charge on any atom is 0.0698 e. The molecule has 11 heavy (non-hydrogen) atoms. The highest BCUT2D eigenvalue weighted by atomic mass is 16.5. The molecule has 0 aromatic rings. The molecule has 0 amide bonds. The van der Waals surface area contributed by atoms with Gasteiger partial charge in [0.05, 0.1) is 26.4 Å². The Kier molecular flexibility index (Phi) is 14.2. The van der Waals surface area contributed by atoms with Crippen LogP contribution in [0.15, 0.2) is 0 Å². The fraction of sp³-hybridized carbons (Fsp3) is 0.833. The molecule has 0 saturated carbocycles. The van der Waals surface area contributed by atoms with Gasteiger partial charge in [-0.1, -0.05) is 0 Å². The van der Waals surface area contributed by atoms with Crippen LogP contribution in [0.4, 0.5) is 0 Å². The van der Waals surface area contributed by atoms with E-state index in [4.69, 9.17) is 20.1 Å². The molecule has 0 unspecified atom stereocenters. The minimum atomic E-state index is -1.08. The molecule has 0 atom stereocenters. The van der Waals surface area contributed by atoms with Crippen LogP contribution in [0.2, 0.25) is 0 Å². The number of carbonyl (C=O) groups excluding carboxylic acids is 1. The fourth-order valence-electron chi connectivity index (χ4n) is 0.231. The Hall–Kier alpha value is -0.650. The van der Waals surface area contributed by atoms with Gasteiger partial charge in [0.1, 0.15) is 0 Å². The molecule has 0 aromatic heterocycles. The highest BCUT2D eigenvalue weighted by Gasteiger charge is 1.79. The van der Waals surface area contributed by atoms with Gasteiger partial charge in [0.25, 0.3) is 0 Å². The molecule has 0 spiro atoms. The Bertz CT molecular complexity index is 75.0. The maximum atomic E-state index is 8.89. The summed E-state index contributed by atoms with van der Waals surface area (Å²) in [6, 6.07) is 0. The first kappa shape index (κ1) is 13.0. The fourth-order valence-corrected chi connectivity index (χ4v) is 0.231. The number of hydrogen-bond acceptors (Lipinski definition) is 5. The second kappa shape index (κ2) is 12.1. The zero-order chi connectivity index (χ0) is 9.11. The van der Waals surface area contributed by atoms with E-state index in [0.29, 0.717) is 13.2 Å². The SMILES string of the molecule is CC(=O)[O-].OCCOCCO. The highest BCUT2D eigenvalue weighted by molar-refractivity contribution is 5.60. The van der Waals surface area contributed by atoms with Gasteiger partial charge in [-0.05, 0) is 6.92 Å². The Balaban J connectivity index is 0. The summed E-state index contributed by atoms with van der Waals surface area (Å²) in [5, 5.41) is 25.1. The second-order valence-corrected chi connectivity index (χ2v) is 1.55. The van der Waals surface area contributed by atoms with Crippen LogP contribution in [0.5, 0.6) is 0 Å². The van der Waals surface area contributed by atoms with Crippen molar-refractivity contribution < 1.29 is 24.9 Å². The molecular formula is C6H13O5-. The lowest BCUT2D eigenvalue weighted by molar-refractivity contribution is -0.302. The van der Waals surface area contributed by atoms with Crippen LogP contribution in [-0.2, 0) is 9.53 Å². The molecular weight excluding hydrogens is 152 g/mol. The summed E-state index contributed by atoms with van der Waals surface area (Å²) < 4.78 is 4.63. The standard InChI is InChI=1S/C4H10O3.C2H4O2/c5-1-3-7-4-2-6;1-2(3)4/h5-6H,1-4H2;1H3,(H,3,4)/p-1. The molecule has 0 aliphatic carbocycles. The number of aliphatic hydroxyl groups is 2. The third-order valence-corrected chi connectivity index (χ3v) is 0.471. The molecule has 0 aliphatic rings. The third-order valence-electron chi connectivity index (χ3n) is 0.471. The molecule has 2 N–H and O–H groups in total. The second-order valence-electron chi connectivity index (χ2n) is 1.55. The number of hydrogen-bond donors (Lipinski definition) is 2. The quantitative estimate of drug-likeness (QED) is 0.459. The van der Waals surface area contributed by atoms with E-state index in [1.54, 1.807) is 0 Å². The van der Waals surface area contributed by atoms with E-state index >= 15 is 0 Å². The number of carboxylic acids is 1. The molecule has 0 saturated heterocycles. The van der Waals surface area contributed by atoms with E-state index in [-0.39, 0.29) is 13.2 Å². The summed E-state index contributed by atoms with van der Waals surface area (Å²) in [7, 11) is 0. The topological polar surface area (TPSA) is 89.8 Å². The first-order chi connectivity index (χ1) is 5.15. The number of ether oxygens (including phenoxy) is 1. The van der Waals surface area contributed by atoms with Crippen LogP contribution in [0, 0.1) is 0 Å². The summed E-state index contributed by atoms with van der Waals surface area (Å²) in [5.74, 6) is -1.08. The van der Waals surface area contributed by atoms with E-state index in [9.17, 15) is 0 Å². The molecule has 68 valence electrons. The van der Waals surface area contributed by atoms with Gasteiger partial charge in [-0.2, -0.15) is 0 Å². The molecule has 0 radical (unpaired) electrons. The third kappa shape index (κ3) is 45.0. The van der Waals surface area contributed by atoms with Crippen molar-refractivity contribution in [3.63, 3.8) is 0 Å². The number of carbonyl (C=O) groups is 1. The highest BCUT2D eigenvalue weighted by Crippen LogP contribution is 1.68. The lowest BCUT2D eigenvalue weighted by atomic mass is 10.7. The van der Waals surface area contributed by atoms with Gasteiger partial charge < -0.3 is 24.9 Å². The van der Waals surface area contributed by atoms with E-state index < -0.39 is 5.97 Å². The van der Waals surface area contributed by atoms with Gasteiger partial charge in [0, 0.05) is 5.97 Å². The molecule has 0 heterocycles. The van der Waals surface area contributed by atoms with Crippen molar-refractivity contribution in [1.82, 2.24) is 0 Å². The van der Waals surface area contributed by atoms with E-state index in [2.05, 4.69) is 4.74 Å². The predicted octanol–water partition coefficient (Wildman–Crippen LogP) is -2.26. The van der Waals surface area contributed by atoms with Gasteiger partial charge in [-0.15, -0.1) is 0 Å². The van der Waals surface area contributed by atoms with Crippen LogP contribution in [0.25, 0.3) is 0 Å². The summed E-state index contributed by atoms with van der Waals surface area (Å²) >= 11 is 0. The molecule has 0 bridgehead atoms. The summed E-state index contributed by atoms with van der Waals surface area (Å²) in [6.07, 6.45) is 0. The first-order valence-corrected chi connectivity index (χ1v) is 3.12. The molecule has 0 aliphatic heterocycles. The number of aliphatic carboxylic acids is 1. The minimum Gasteiger partial charge on any atom is -0.550 e. The molecule has 0 aromatic carbocycles. The van der Waals surface area contributed by atoms with E-state index in [1.807, 2.05) is 0 Å². The number of aliphatic hydroxyl groups excluding tert-OH is 2. The lowest BCUT2D eigenvalue weighted by Crippen LogP contribution is -2.16. The molecule has 0 rings (SSSR count). The van der Waals surface area contributed by atoms with Crippen LogP contribution in [0.3, 0.4) is 0 Å². The maximum absolute atomic E-state index is 8.89. The smallest absolute Gasteiger partial charge is 0.0698 e. The Morgan fingerprint density at radius 1 is 1.36 bits per heavy atom. The van der Waals surface area contributed by atoms with Crippen molar-refractivity contribution in [3.05, 3.63) is 0 Å². The Morgan fingerprint density at radius 3 is 1.82 bits per heavy atom. The largest absolute Gasteiger partial charge is 0.550 e. The normalized spacial score (nSPS) is 8.27. The van der Waals surface area contributed by atoms with Crippen molar-refractivity contribution in [2.75, 3.05) is 26.4 Å². The van der Waals surface area contributed by atoms with Crippen LogP contribution < -0.4 is 5.11 Å². The zero-order valence-corrected chi connectivity index (χ0v) is 6.45. The van der Waals surface area contributed by atoms with Crippen molar-refractivity contribution in [3.8, 4) is 0 Å². The monoisotopic (exact) mass is 165 g/mol. The van der Waals surface area contributed by atoms with Crippen LogP contribution in [-0.4, -0.2) is 42.6 Å². The average Bonchev–Trinajstić information content (AvgIpc) is 1.88. The van der Waals surface area contributed by atoms with Gasteiger partial charge in [0.15, 0.2) is 0 Å². The predicted molar refractivity (Wildman–Crippen MR) is 35.7 cm³/mol. The summed E-state index contributed by atoms with van der Waals surface area (Å²) in [6.45, 7) is 1.67. The van der Waals surface area contributed by atoms with Crippen molar-refractivity contribution in [2.24, 2.45) is 0 Å². The van der Waals surface area contributed by atoms with E-state index in [1.165, 1.54) is 0 Å². The zero-order valence-electron chi connectivity index (χ0n) is 6.45.